The second-order valence-electron chi connectivity index (χ2n) is 4.82. The zero-order valence-corrected chi connectivity index (χ0v) is 7.55. The van der Waals surface area contributed by atoms with E-state index in [1.807, 2.05) is 0 Å². The molecular formula is C10H16O. The minimum atomic E-state index is 0.412. The molecule has 0 aromatic rings. The van der Waals surface area contributed by atoms with Gasteiger partial charge in [-0.2, -0.15) is 0 Å². The molecule has 2 aliphatic carbocycles. The smallest absolute Gasteiger partial charge is 0.136 e. The third-order valence-corrected chi connectivity index (χ3v) is 4.23. The number of hydrogen-bond acceptors (Lipinski definition) is 1. The Hall–Kier alpha value is -0.330. The highest BCUT2D eigenvalue weighted by Gasteiger charge is 2.54. The van der Waals surface area contributed by atoms with Crippen molar-refractivity contribution >= 4 is 5.78 Å². The van der Waals surface area contributed by atoms with Crippen molar-refractivity contribution < 1.29 is 4.79 Å². The number of hydrogen-bond donors (Lipinski definition) is 0. The second-order valence-corrected chi connectivity index (χ2v) is 4.82. The zero-order chi connectivity index (χ0) is 8.22. The minimum absolute atomic E-state index is 0.412. The van der Waals surface area contributed by atoms with Gasteiger partial charge in [0.15, 0.2) is 0 Å². The average Bonchev–Trinajstić information content (AvgIpc) is 2.36. The molecule has 0 aliphatic heterocycles. The molecule has 0 saturated heterocycles. The Morgan fingerprint density at radius 1 is 1.45 bits per heavy atom. The van der Waals surface area contributed by atoms with Gasteiger partial charge in [-0.05, 0) is 23.7 Å². The minimum Gasteiger partial charge on any atom is -0.299 e. The first-order valence-electron chi connectivity index (χ1n) is 4.56. The van der Waals surface area contributed by atoms with E-state index in [0.29, 0.717) is 29.0 Å². The molecule has 0 spiro atoms. The summed E-state index contributed by atoms with van der Waals surface area (Å²) in [5.74, 6) is 2.25. The fraction of sp³-hybridized carbons (Fsp3) is 0.900. The van der Waals surface area contributed by atoms with Gasteiger partial charge in [-0.25, -0.2) is 0 Å². The summed E-state index contributed by atoms with van der Waals surface area (Å²) in [6.45, 7) is 6.87. The van der Waals surface area contributed by atoms with E-state index in [0.717, 1.165) is 6.42 Å². The summed E-state index contributed by atoms with van der Waals surface area (Å²) in [7, 11) is 0. The summed E-state index contributed by atoms with van der Waals surface area (Å²) >= 11 is 0. The summed E-state index contributed by atoms with van der Waals surface area (Å²) in [6.07, 6.45) is 2.04. The molecule has 11 heavy (non-hydrogen) atoms. The van der Waals surface area contributed by atoms with Crippen LogP contribution >= 0.6 is 0 Å². The van der Waals surface area contributed by atoms with E-state index in [9.17, 15) is 4.79 Å². The van der Waals surface area contributed by atoms with Crippen LogP contribution in [0.1, 0.15) is 33.6 Å². The largest absolute Gasteiger partial charge is 0.299 e. The van der Waals surface area contributed by atoms with Crippen LogP contribution in [0.15, 0.2) is 0 Å². The van der Waals surface area contributed by atoms with E-state index in [2.05, 4.69) is 20.8 Å². The standard InChI is InChI=1S/C10H16O/c1-6-8-4-7(5-9(8)11)10(6,2)3/h6-8H,4-5H2,1-3H3/t6-,7?,8?/m0/s1. The van der Waals surface area contributed by atoms with E-state index >= 15 is 0 Å². The monoisotopic (exact) mass is 152 g/mol. The molecule has 0 aromatic heterocycles. The lowest BCUT2D eigenvalue weighted by atomic mass is 9.69. The van der Waals surface area contributed by atoms with E-state index in [-0.39, 0.29) is 0 Å². The molecule has 2 aliphatic rings. The van der Waals surface area contributed by atoms with Crippen molar-refractivity contribution in [1.82, 2.24) is 0 Å². The highest BCUT2D eigenvalue weighted by Crippen LogP contribution is 2.57. The van der Waals surface area contributed by atoms with Crippen molar-refractivity contribution in [2.24, 2.45) is 23.2 Å². The quantitative estimate of drug-likeness (QED) is 0.520. The normalized spacial score (nSPS) is 46.8. The van der Waals surface area contributed by atoms with Crippen LogP contribution in [0.4, 0.5) is 0 Å². The molecule has 2 unspecified atom stereocenters. The maximum atomic E-state index is 11.3. The first-order valence-corrected chi connectivity index (χ1v) is 4.56. The number of carbonyl (C=O) groups excluding carboxylic acids is 1. The van der Waals surface area contributed by atoms with Gasteiger partial charge < -0.3 is 0 Å². The second kappa shape index (κ2) is 1.88. The van der Waals surface area contributed by atoms with Gasteiger partial charge >= 0.3 is 0 Å². The molecule has 0 N–H and O–H groups in total. The third-order valence-electron chi connectivity index (χ3n) is 4.23. The molecule has 2 bridgehead atoms. The van der Waals surface area contributed by atoms with Gasteiger partial charge in [0.1, 0.15) is 5.78 Å². The molecule has 1 heteroatoms. The molecule has 2 rings (SSSR count). The molecule has 62 valence electrons. The fourth-order valence-corrected chi connectivity index (χ4v) is 2.86. The Bertz CT molecular complexity index is 201. The molecule has 2 fully saturated rings. The SMILES string of the molecule is C[C@H]1C2CC(CC2=O)C1(C)C. The van der Waals surface area contributed by atoms with Crippen LogP contribution in [0, 0.1) is 23.2 Å². The summed E-state index contributed by atoms with van der Waals surface area (Å²) < 4.78 is 0. The highest BCUT2D eigenvalue weighted by atomic mass is 16.1. The topological polar surface area (TPSA) is 17.1 Å². The zero-order valence-electron chi connectivity index (χ0n) is 7.55. The Morgan fingerprint density at radius 3 is 2.45 bits per heavy atom. The Labute approximate surface area is 68.2 Å². The van der Waals surface area contributed by atoms with Gasteiger partial charge in [0.2, 0.25) is 0 Å². The third kappa shape index (κ3) is 0.743. The predicted molar refractivity (Wildman–Crippen MR) is 44.2 cm³/mol. The molecule has 3 atom stereocenters. The summed E-state index contributed by atoms with van der Waals surface area (Å²) in [5, 5.41) is 0. The Balaban J connectivity index is 2.31. The molecule has 0 heterocycles. The van der Waals surface area contributed by atoms with Crippen molar-refractivity contribution in [1.29, 1.82) is 0 Å². The summed E-state index contributed by atoms with van der Waals surface area (Å²) in [6, 6.07) is 0. The lowest BCUT2D eigenvalue weighted by Gasteiger charge is -2.35. The first kappa shape index (κ1) is 7.33. The number of rotatable bonds is 0. The number of ketones is 1. The van der Waals surface area contributed by atoms with E-state index < -0.39 is 0 Å². The van der Waals surface area contributed by atoms with Gasteiger partial charge in [0, 0.05) is 12.3 Å². The van der Waals surface area contributed by atoms with Crippen molar-refractivity contribution in [3.63, 3.8) is 0 Å². The van der Waals surface area contributed by atoms with Gasteiger partial charge in [-0.15, -0.1) is 0 Å². The molecule has 1 nitrogen and oxygen atoms in total. The number of fused-ring (bicyclic) bond motifs is 2. The Morgan fingerprint density at radius 2 is 2.09 bits per heavy atom. The van der Waals surface area contributed by atoms with Gasteiger partial charge in [0.05, 0.1) is 0 Å². The lowest BCUT2D eigenvalue weighted by Crippen LogP contribution is -2.32. The van der Waals surface area contributed by atoms with Gasteiger partial charge in [0.25, 0.3) is 0 Å². The van der Waals surface area contributed by atoms with Crippen LogP contribution in [0.5, 0.6) is 0 Å². The van der Waals surface area contributed by atoms with Crippen LogP contribution in [-0.4, -0.2) is 5.78 Å². The summed E-state index contributed by atoms with van der Waals surface area (Å²) in [5.41, 5.74) is 0.429. The van der Waals surface area contributed by atoms with Crippen LogP contribution in [0.25, 0.3) is 0 Å². The van der Waals surface area contributed by atoms with Crippen LogP contribution in [0.3, 0.4) is 0 Å². The van der Waals surface area contributed by atoms with Crippen molar-refractivity contribution in [3.05, 3.63) is 0 Å². The van der Waals surface area contributed by atoms with E-state index in [4.69, 9.17) is 0 Å². The maximum absolute atomic E-state index is 11.3. The molecule has 2 saturated carbocycles. The van der Waals surface area contributed by atoms with Crippen molar-refractivity contribution in [2.45, 2.75) is 33.6 Å². The molecule has 0 amide bonds. The van der Waals surface area contributed by atoms with E-state index in [1.54, 1.807) is 0 Å². The Kier molecular flexibility index (Phi) is 1.25. The van der Waals surface area contributed by atoms with Gasteiger partial charge in [-0.1, -0.05) is 20.8 Å². The van der Waals surface area contributed by atoms with Crippen LogP contribution in [0.2, 0.25) is 0 Å². The number of Topliss-reactive ketones (excluding diaryl/α,β-unsaturated/α-hetero) is 1. The van der Waals surface area contributed by atoms with Crippen molar-refractivity contribution in [3.8, 4) is 0 Å². The maximum Gasteiger partial charge on any atom is 0.136 e. The molecular weight excluding hydrogens is 136 g/mol. The summed E-state index contributed by atoms with van der Waals surface area (Å²) in [4.78, 5) is 11.3. The predicted octanol–water partition coefficient (Wildman–Crippen LogP) is 2.26. The highest BCUT2D eigenvalue weighted by molar-refractivity contribution is 5.85. The van der Waals surface area contributed by atoms with Crippen LogP contribution < -0.4 is 0 Å². The average molecular weight is 152 g/mol. The molecule has 0 radical (unpaired) electrons. The first-order chi connectivity index (χ1) is 5.03. The van der Waals surface area contributed by atoms with E-state index in [1.165, 1.54) is 6.42 Å². The van der Waals surface area contributed by atoms with Gasteiger partial charge in [-0.3, -0.25) is 4.79 Å². The lowest BCUT2D eigenvalue weighted by molar-refractivity contribution is -0.125. The molecule has 0 aromatic carbocycles. The van der Waals surface area contributed by atoms with Crippen LogP contribution in [-0.2, 0) is 4.79 Å². The number of carbonyl (C=O) groups is 1. The fourth-order valence-electron chi connectivity index (χ4n) is 2.86. The van der Waals surface area contributed by atoms with Crippen molar-refractivity contribution in [2.75, 3.05) is 0 Å².